The molecule has 2 rings (SSSR count). The number of unbranched alkanes of at least 4 members (excludes halogenated alkanes) is 1. The van der Waals surface area contributed by atoms with Gasteiger partial charge in [0.05, 0.1) is 0 Å². The van der Waals surface area contributed by atoms with E-state index in [4.69, 9.17) is 5.73 Å². The van der Waals surface area contributed by atoms with Gasteiger partial charge in [0.2, 0.25) is 0 Å². The van der Waals surface area contributed by atoms with Crippen LogP contribution in [0.2, 0.25) is 0 Å². The van der Waals surface area contributed by atoms with Crippen molar-refractivity contribution >= 4 is 10.2 Å². The van der Waals surface area contributed by atoms with E-state index in [2.05, 4.69) is 4.72 Å². The fourth-order valence-electron chi connectivity index (χ4n) is 2.73. The summed E-state index contributed by atoms with van der Waals surface area (Å²) in [6.45, 7) is 1.85. The van der Waals surface area contributed by atoms with Crippen molar-refractivity contribution in [2.45, 2.75) is 38.1 Å². The lowest BCUT2D eigenvalue weighted by atomic mass is 10.1. The summed E-state index contributed by atoms with van der Waals surface area (Å²) in [5.74, 6) is 0.602. The minimum atomic E-state index is -3.23. The Morgan fingerprint density at radius 1 is 1.31 bits per heavy atom. The van der Waals surface area contributed by atoms with Crippen molar-refractivity contribution in [3.8, 4) is 0 Å². The zero-order valence-corrected chi connectivity index (χ0v) is 10.4. The standard InChI is InChI=1S/C10H21N3O2S/c11-5-1-2-6-12-16(14,15)13-8-9-3-4-10(13)7-9/h9-10,12H,1-8,11H2. The zero-order chi connectivity index (χ0) is 11.6. The van der Waals surface area contributed by atoms with Crippen molar-refractivity contribution in [2.24, 2.45) is 11.7 Å². The van der Waals surface area contributed by atoms with Gasteiger partial charge in [-0.15, -0.1) is 0 Å². The Kier molecular flexibility index (Phi) is 3.84. The van der Waals surface area contributed by atoms with Crippen LogP contribution in [-0.2, 0) is 10.2 Å². The summed E-state index contributed by atoms with van der Waals surface area (Å²) in [7, 11) is -3.23. The van der Waals surface area contributed by atoms with Gasteiger partial charge in [0, 0.05) is 19.1 Å². The molecular formula is C10H21N3O2S. The van der Waals surface area contributed by atoms with E-state index in [1.807, 2.05) is 0 Å². The van der Waals surface area contributed by atoms with E-state index in [0.29, 0.717) is 19.0 Å². The molecule has 1 saturated carbocycles. The molecule has 3 N–H and O–H groups in total. The fraction of sp³-hybridized carbons (Fsp3) is 1.00. The van der Waals surface area contributed by atoms with Crippen LogP contribution in [0.1, 0.15) is 32.1 Å². The topological polar surface area (TPSA) is 75.4 Å². The van der Waals surface area contributed by atoms with Crippen molar-refractivity contribution in [3.63, 3.8) is 0 Å². The molecule has 0 aromatic rings. The number of rotatable bonds is 6. The summed E-state index contributed by atoms with van der Waals surface area (Å²) < 4.78 is 28.3. The number of nitrogens with one attached hydrogen (secondary N) is 1. The van der Waals surface area contributed by atoms with Crippen molar-refractivity contribution in [1.82, 2.24) is 9.03 Å². The number of fused-ring (bicyclic) bond motifs is 2. The van der Waals surface area contributed by atoms with Gasteiger partial charge in [-0.25, -0.2) is 4.72 Å². The highest BCUT2D eigenvalue weighted by atomic mass is 32.2. The SMILES string of the molecule is NCCCCNS(=O)(=O)N1CC2CCC1C2. The van der Waals surface area contributed by atoms with E-state index in [0.717, 1.165) is 32.2 Å². The molecule has 2 atom stereocenters. The van der Waals surface area contributed by atoms with Gasteiger partial charge in [0.1, 0.15) is 0 Å². The molecular weight excluding hydrogens is 226 g/mol. The Labute approximate surface area is 97.6 Å². The summed E-state index contributed by atoms with van der Waals surface area (Å²) in [5.41, 5.74) is 5.36. The van der Waals surface area contributed by atoms with Crippen LogP contribution in [0.3, 0.4) is 0 Å². The average Bonchev–Trinajstić information content (AvgIpc) is 2.86. The first-order valence-electron chi connectivity index (χ1n) is 6.10. The first kappa shape index (κ1) is 12.3. The highest BCUT2D eigenvalue weighted by molar-refractivity contribution is 7.87. The number of hydrogen-bond donors (Lipinski definition) is 2. The third-order valence-corrected chi connectivity index (χ3v) is 5.22. The zero-order valence-electron chi connectivity index (χ0n) is 9.56. The predicted octanol–water partition coefficient (Wildman–Crippen LogP) is 0.0440. The molecule has 1 saturated heterocycles. The number of nitrogens with zero attached hydrogens (tertiary/aromatic N) is 1. The lowest BCUT2D eigenvalue weighted by molar-refractivity contribution is 0.328. The van der Waals surface area contributed by atoms with Gasteiger partial charge in [-0.05, 0) is 44.6 Å². The summed E-state index contributed by atoms with van der Waals surface area (Å²) in [4.78, 5) is 0. The largest absolute Gasteiger partial charge is 0.330 e. The fourth-order valence-corrected chi connectivity index (χ4v) is 4.29. The summed E-state index contributed by atoms with van der Waals surface area (Å²) in [6.07, 6.45) is 4.98. The highest BCUT2D eigenvalue weighted by Crippen LogP contribution is 2.38. The summed E-state index contributed by atoms with van der Waals surface area (Å²) >= 11 is 0. The second-order valence-electron chi connectivity index (χ2n) is 4.80. The Morgan fingerprint density at radius 3 is 2.69 bits per heavy atom. The van der Waals surface area contributed by atoms with Gasteiger partial charge in [-0.2, -0.15) is 12.7 Å². The van der Waals surface area contributed by atoms with Crippen LogP contribution in [0.15, 0.2) is 0 Å². The van der Waals surface area contributed by atoms with Crippen LogP contribution >= 0.6 is 0 Å². The van der Waals surface area contributed by atoms with Crippen molar-refractivity contribution in [1.29, 1.82) is 0 Å². The Balaban J connectivity index is 1.83. The van der Waals surface area contributed by atoms with E-state index in [1.165, 1.54) is 6.42 Å². The highest BCUT2D eigenvalue weighted by Gasteiger charge is 2.43. The number of hydrogen-bond acceptors (Lipinski definition) is 3. The van der Waals surface area contributed by atoms with E-state index in [1.54, 1.807) is 4.31 Å². The first-order chi connectivity index (χ1) is 7.63. The number of piperidine rings is 1. The van der Waals surface area contributed by atoms with E-state index in [9.17, 15) is 8.42 Å². The van der Waals surface area contributed by atoms with Crippen molar-refractivity contribution in [2.75, 3.05) is 19.6 Å². The molecule has 0 radical (unpaired) electrons. The molecule has 0 aromatic heterocycles. The quantitative estimate of drug-likeness (QED) is 0.651. The predicted molar refractivity (Wildman–Crippen MR) is 63.0 cm³/mol. The van der Waals surface area contributed by atoms with Gasteiger partial charge < -0.3 is 5.73 Å². The molecule has 0 aromatic carbocycles. The van der Waals surface area contributed by atoms with Crippen LogP contribution in [0.4, 0.5) is 0 Å². The molecule has 1 aliphatic heterocycles. The van der Waals surface area contributed by atoms with Gasteiger partial charge >= 0.3 is 0 Å². The molecule has 0 amide bonds. The first-order valence-corrected chi connectivity index (χ1v) is 7.54. The third-order valence-electron chi connectivity index (χ3n) is 3.58. The van der Waals surface area contributed by atoms with Gasteiger partial charge in [0.25, 0.3) is 10.2 Å². The number of nitrogens with two attached hydrogens (primary N) is 1. The van der Waals surface area contributed by atoms with Crippen molar-refractivity contribution in [3.05, 3.63) is 0 Å². The monoisotopic (exact) mass is 247 g/mol. The molecule has 5 nitrogen and oxygen atoms in total. The van der Waals surface area contributed by atoms with Crippen LogP contribution in [0.5, 0.6) is 0 Å². The Hall–Kier alpha value is -0.170. The van der Waals surface area contributed by atoms with Crippen LogP contribution in [-0.4, -0.2) is 38.4 Å². The molecule has 2 unspecified atom stereocenters. The third kappa shape index (κ3) is 2.56. The molecule has 16 heavy (non-hydrogen) atoms. The molecule has 2 aliphatic rings. The molecule has 94 valence electrons. The molecule has 2 bridgehead atoms. The molecule has 2 fully saturated rings. The van der Waals surface area contributed by atoms with E-state index in [-0.39, 0.29) is 6.04 Å². The molecule has 6 heteroatoms. The summed E-state index contributed by atoms with van der Waals surface area (Å²) in [5, 5.41) is 0. The van der Waals surface area contributed by atoms with Crippen LogP contribution < -0.4 is 10.5 Å². The van der Waals surface area contributed by atoms with E-state index < -0.39 is 10.2 Å². The van der Waals surface area contributed by atoms with Crippen molar-refractivity contribution < 1.29 is 8.42 Å². The maximum absolute atomic E-state index is 12.0. The molecule has 0 spiro atoms. The lowest BCUT2D eigenvalue weighted by Gasteiger charge is -2.26. The Bertz CT molecular complexity index is 331. The maximum Gasteiger partial charge on any atom is 0.279 e. The second kappa shape index (κ2) is 5.00. The van der Waals surface area contributed by atoms with E-state index >= 15 is 0 Å². The average molecular weight is 247 g/mol. The minimum absolute atomic E-state index is 0.261. The maximum atomic E-state index is 12.0. The normalized spacial score (nSPS) is 30.1. The molecule has 1 aliphatic carbocycles. The second-order valence-corrected chi connectivity index (χ2v) is 6.51. The van der Waals surface area contributed by atoms with Crippen LogP contribution in [0, 0.1) is 5.92 Å². The van der Waals surface area contributed by atoms with Gasteiger partial charge in [-0.3, -0.25) is 0 Å². The van der Waals surface area contributed by atoms with Crippen LogP contribution in [0.25, 0.3) is 0 Å². The Morgan fingerprint density at radius 2 is 2.12 bits per heavy atom. The smallest absolute Gasteiger partial charge is 0.279 e. The minimum Gasteiger partial charge on any atom is -0.330 e. The van der Waals surface area contributed by atoms with Gasteiger partial charge in [-0.1, -0.05) is 0 Å². The lowest BCUT2D eigenvalue weighted by Crippen LogP contribution is -2.45. The molecule has 1 heterocycles. The van der Waals surface area contributed by atoms with Gasteiger partial charge in [0.15, 0.2) is 0 Å². The summed E-state index contributed by atoms with van der Waals surface area (Å²) in [6, 6.07) is 0.261.